The van der Waals surface area contributed by atoms with Crippen LogP contribution in [0, 0.1) is 5.92 Å². The Hall–Kier alpha value is -2.37. The number of nitrogens with one attached hydrogen (secondary N) is 1. The van der Waals surface area contributed by atoms with Crippen molar-refractivity contribution in [1.29, 1.82) is 0 Å². The molecule has 2 aromatic rings. The Morgan fingerprint density at radius 1 is 1.25 bits per heavy atom. The maximum atomic E-state index is 12.9. The molecule has 1 aromatic carbocycles. The number of carbonyl (C=O) groups excluding carboxylic acids is 1. The molecule has 6 heteroatoms. The van der Waals surface area contributed by atoms with Crippen molar-refractivity contribution in [2.75, 3.05) is 24.5 Å². The molecular weight excluding hydrogens is 304 g/mol. The average Bonchev–Trinajstić information content (AvgIpc) is 2.57. The van der Waals surface area contributed by atoms with Crippen LogP contribution in [-0.4, -0.2) is 35.1 Å². The summed E-state index contributed by atoms with van der Waals surface area (Å²) in [7, 11) is 0. The molecule has 0 bridgehead atoms. The molecule has 0 saturated carbocycles. The topological polar surface area (TPSA) is 67.2 Å². The number of fused-ring (bicyclic) bond motifs is 1. The van der Waals surface area contributed by atoms with Crippen LogP contribution in [0.2, 0.25) is 0 Å². The molecule has 0 spiro atoms. The molecule has 2 rings (SSSR count). The van der Waals surface area contributed by atoms with Crippen LogP contribution in [0.3, 0.4) is 0 Å². The smallest absolute Gasteiger partial charge is 0.294 e. The number of benzene rings is 1. The van der Waals surface area contributed by atoms with Gasteiger partial charge in [-0.3, -0.25) is 14.2 Å². The van der Waals surface area contributed by atoms with Gasteiger partial charge in [0.05, 0.1) is 11.0 Å². The van der Waals surface area contributed by atoms with Crippen LogP contribution in [0.4, 0.5) is 5.82 Å². The van der Waals surface area contributed by atoms with Crippen molar-refractivity contribution in [1.82, 2.24) is 14.9 Å². The van der Waals surface area contributed by atoms with Gasteiger partial charge in [-0.1, -0.05) is 26.0 Å². The summed E-state index contributed by atoms with van der Waals surface area (Å²) >= 11 is 0. The number of anilines is 1. The van der Waals surface area contributed by atoms with Crippen LogP contribution in [0.1, 0.15) is 27.7 Å². The van der Waals surface area contributed by atoms with Crippen molar-refractivity contribution >= 4 is 22.8 Å². The predicted molar refractivity (Wildman–Crippen MR) is 97.4 cm³/mol. The largest absolute Gasteiger partial charge is 0.354 e. The molecule has 1 aromatic heterocycles. The van der Waals surface area contributed by atoms with Gasteiger partial charge in [-0.15, -0.1) is 0 Å². The minimum absolute atomic E-state index is 0.00283. The molecule has 0 aliphatic heterocycles. The lowest BCUT2D eigenvalue weighted by Crippen LogP contribution is -2.38. The van der Waals surface area contributed by atoms with E-state index in [0.717, 1.165) is 5.52 Å². The molecule has 6 nitrogen and oxygen atoms in total. The highest BCUT2D eigenvalue weighted by atomic mass is 16.2. The van der Waals surface area contributed by atoms with E-state index in [2.05, 4.69) is 10.3 Å². The van der Waals surface area contributed by atoms with E-state index >= 15 is 0 Å². The molecule has 1 N–H and O–H groups in total. The first kappa shape index (κ1) is 18.0. The number of hydrogen-bond acceptors (Lipinski definition) is 4. The van der Waals surface area contributed by atoms with E-state index in [4.69, 9.17) is 0 Å². The van der Waals surface area contributed by atoms with E-state index in [1.165, 1.54) is 4.57 Å². The number of aromatic nitrogens is 2. The molecule has 0 fully saturated rings. The second-order valence-corrected chi connectivity index (χ2v) is 6.19. The molecule has 0 unspecified atom stereocenters. The van der Waals surface area contributed by atoms with Crippen molar-refractivity contribution < 1.29 is 4.79 Å². The fraction of sp³-hybridized carbons (Fsp3) is 0.500. The van der Waals surface area contributed by atoms with Gasteiger partial charge in [-0.05, 0) is 31.9 Å². The normalized spacial score (nSPS) is 11.0. The van der Waals surface area contributed by atoms with Crippen LogP contribution in [-0.2, 0) is 11.3 Å². The summed E-state index contributed by atoms with van der Waals surface area (Å²) in [5.74, 6) is 0.606. The fourth-order valence-corrected chi connectivity index (χ4v) is 2.58. The lowest BCUT2D eigenvalue weighted by molar-refractivity contribution is -0.121. The first-order valence-corrected chi connectivity index (χ1v) is 8.49. The lowest BCUT2D eigenvalue weighted by Gasteiger charge is -2.21. The van der Waals surface area contributed by atoms with Gasteiger partial charge in [0.1, 0.15) is 6.54 Å². The van der Waals surface area contributed by atoms with E-state index < -0.39 is 0 Å². The van der Waals surface area contributed by atoms with E-state index in [9.17, 15) is 9.59 Å². The third kappa shape index (κ3) is 3.93. The Bertz CT molecular complexity index is 763. The molecule has 0 saturated heterocycles. The first-order chi connectivity index (χ1) is 11.5. The average molecular weight is 330 g/mol. The second-order valence-electron chi connectivity index (χ2n) is 6.19. The van der Waals surface area contributed by atoms with E-state index in [1.54, 1.807) is 0 Å². The number of rotatable bonds is 7. The second kappa shape index (κ2) is 7.95. The Labute approximate surface area is 142 Å². The number of para-hydroxylation sites is 2. The summed E-state index contributed by atoms with van der Waals surface area (Å²) < 4.78 is 1.52. The highest BCUT2D eigenvalue weighted by molar-refractivity contribution is 5.81. The SMILES string of the molecule is CCN(CC)c1nc2ccccc2n(CC(=O)NCC(C)C)c1=O. The maximum absolute atomic E-state index is 12.9. The van der Waals surface area contributed by atoms with Crippen molar-refractivity contribution in [3.05, 3.63) is 34.6 Å². The predicted octanol–water partition coefficient (Wildman–Crippen LogP) is 2.01. The van der Waals surface area contributed by atoms with E-state index in [-0.39, 0.29) is 18.0 Å². The van der Waals surface area contributed by atoms with Crippen molar-refractivity contribution in [3.8, 4) is 0 Å². The van der Waals surface area contributed by atoms with Crippen LogP contribution in [0.25, 0.3) is 11.0 Å². The van der Waals surface area contributed by atoms with Crippen molar-refractivity contribution in [2.45, 2.75) is 34.2 Å². The number of amides is 1. The molecule has 0 radical (unpaired) electrons. The molecule has 0 atom stereocenters. The van der Waals surface area contributed by atoms with Gasteiger partial charge in [0.25, 0.3) is 5.56 Å². The molecule has 0 aliphatic carbocycles. The maximum Gasteiger partial charge on any atom is 0.294 e. The zero-order valence-corrected chi connectivity index (χ0v) is 14.9. The van der Waals surface area contributed by atoms with Crippen LogP contribution in [0.5, 0.6) is 0 Å². The minimum Gasteiger partial charge on any atom is -0.354 e. The first-order valence-electron chi connectivity index (χ1n) is 8.49. The van der Waals surface area contributed by atoms with Gasteiger partial charge in [0.2, 0.25) is 5.91 Å². The molecule has 24 heavy (non-hydrogen) atoms. The minimum atomic E-state index is -0.225. The monoisotopic (exact) mass is 330 g/mol. The van der Waals surface area contributed by atoms with E-state index in [0.29, 0.717) is 36.9 Å². The van der Waals surface area contributed by atoms with Gasteiger partial charge in [0.15, 0.2) is 5.82 Å². The zero-order valence-electron chi connectivity index (χ0n) is 14.9. The van der Waals surface area contributed by atoms with Crippen LogP contribution >= 0.6 is 0 Å². The Kier molecular flexibility index (Phi) is 5.95. The molecule has 0 aliphatic rings. The lowest BCUT2D eigenvalue weighted by atomic mass is 10.2. The summed E-state index contributed by atoms with van der Waals surface area (Å²) in [5.41, 5.74) is 1.17. The summed E-state index contributed by atoms with van der Waals surface area (Å²) in [6, 6.07) is 7.42. The van der Waals surface area contributed by atoms with Gasteiger partial charge in [-0.2, -0.15) is 0 Å². The summed E-state index contributed by atoms with van der Waals surface area (Å²) in [6.07, 6.45) is 0. The highest BCUT2D eigenvalue weighted by Gasteiger charge is 2.16. The standard InChI is InChI=1S/C18H26N4O2/c1-5-21(6-2)17-18(24)22(12-16(23)19-11-13(3)4)15-10-8-7-9-14(15)20-17/h7-10,13H,5-6,11-12H2,1-4H3,(H,19,23). The van der Waals surface area contributed by atoms with Crippen molar-refractivity contribution in [3.63, 3.8) is 0 Å². The number of carbonyl (C=O) groups is 1. The van der Waals surface area contributed by atoms with E-state index in [1.807, 2.05) is 56.9 Å². The molecular formula is C18H26N4O2. The molecule has 130 valence electrons. The Morgan fingerprint density at radius 2 is 1.92 bits per heavy atom. The van der Waals surface area contributed by atoms with Crippen LogP contribution < -0.4 is 15.8 Å². The number of nitrogens with zero attached hydrogens (tertiary/aromatic N) is 3. The third-order valence-electron chi connectivity index (χ3n) is 3.91. The Balaban J connectivity index is 2.48. The summed E-state index contributed by atoms with van der Waals surface area (Å²) in [5, 5.41) is 2.87. The van der Waals surface area contributed by atoms with Gasteiger partial charge < -0.3 is 10.2 Å². The van der Waals surface area contributed by atoms with Gasteiger partial charge >= 0.3 is 0 Å². The van der Waals surface area contributed by atoms with Crippen molar-refractivity contribution in [2.24, 2.45) is 5.92 Å². The summed E-state index contributed by atoms with van der Waals surface area (Å²) in [4.78, 5) is 31.6. The third-order valence-corrected chi connectivity index (χ3v) is 3.91. The molecule has 1 heterocycles. The van der Waals surface area contributed by atoms with Gasteiger partial charge in [0, 0.05) is 19.6 Å². The zero-order chi connectivity index (χ0) is 17.7. The van der Waals surface area contributed by atoms with Crippen LogP contribution in [0.15, 0.2) is 29.1 Å². The quantitative estimate of drug-likeness (QED) is 0.843. The fourth-order valence-electron chi connectivity index (χ4n) is 2.58. The summed E-state index contributed by atoms with van der Waals surface area (Å²) in [6.45, 7) is 10.0. The molecule has 1 amide bonds. The Morgan fingerprint density at radius 3 is 2.54 bits per heavy atom. The highest BCUT2D eigenvalue weighted by Crippen LogP contribution is 2.14. The van der Waals surface area contributed by atoms with Gasteiger partial charge in [-0.25, -0.2) is 4.98 Å². The number of hydrogen-bond donors (Lipinski definition) is 1.